The summed E-state index contributed by atoms with van der Waals surface area (Å²) in [5.41, 5.74) is 26.9. The van der Waals surface area contributed by atoms with Gasteiger partial charge in [-0.2, -0.15) is 0 Å². The van der Waals surface area contributed by atoms with Gasteiger partial charge in [-0.25, -0.2) is 0 Å². The molecule has 3 aliphatic heterocycles. The standard InChI is InChI=1S/C75H82BN3Si/c1-70(2)37-38-71(3,4)58-43-54(30-32-57(58)70)78-66-48-60-59(72(5,6)39-40-73(60,7)8)47-63(66)76-62-33-29-52(50-25-18-15-19-26-50)42-65(62)77(53-28-22-27-51(41-53)49-23-16-14-17-24-49)67-44-55(45-68(78)69(67)76)79-64-34-31-56(80(11,12)13)46-61(64)74(9)35-20-21-36-75(74,79)10/h14-19,22-34,41-48H,20-21,35-40H2,1-13H3. The van der Waals surface area contributed by atoms with Crippen molar-refractivity contribution >= 4 is 81.9 Å². The summed E-state index contributed by atoms with van der Waals surface area (Å²) >= 11 is 0. The largest absolute Gasteiger partial charge is 0.334 e. The molecule has 0 N–H and O–H groups in total. The highest BCUT2D eigenvalue weighted by Crippen LogP contribution is 2.62. The number of hydrogen-bond donors (Lipinski definition) is 0. The Bertz CT molecular complexity index is 3840. The van der Waals surface area contributed by atoms with Gasteiger partial charge in [-0.1, -0.05) is 209 Å². The number of rotatable bonds is 6. The van der Waals surface area contributed by atoms with Crippen molar-refractivity contribution in [1.29, 1.82) is 0 Å². The maximum absolute atomic E-state index is 2.88. The molecule has 8 aromatic carbocycles. The molecule has 0 saturated heterocycles. The molecular weight excluding hydrogens is 982 g/mol. The van der Waals surface area contributed by atoms with Crippen LogP contribution in [0.5, 0.6) is 0 Å². The van der Waals surface area contributed by atoms with E-state index in [0.29, 0.717) is 0 Å². The van der Waals surface area contributed by atoms with Gasteiger partial charge >= 0.3 is 0 Å². The van der Waals surface area contributed by atoms with Gasteiger partial charge in [-0.05, 0) is 188 Å². The molecule has 5 heteroatoms. The first-order valence-corrected chi connectivity index (χ1v) is 33.9. The van der Waals surface area contributed by atoms with Crippen molar-refractivity contribution in [1.82, 2.24) is 0 Å². The molecule has 6 aliphatic rings. The molecule has 80 heavy (non-hydrogen) atoms. The van der Waals surface area contributed by atoms with E-state index in [9.17, 15) is 0 Å². The lowest BCUT2D eigenvalue weighted by atomic mass is 9.33. The van der Waals surface area contributed by atoms with Gasteiger partial charge in [0.2, 0.25) is 0 Å². The molecule has 2 unspecified atom stereocenters. The summed E-state index contributed by atoms with van der Waals surface area (Å²) in [7, 11) is -1.64. The van der Waals surface area contributed by atoms with Gasteiger partial charge in [0.1, 0.15) is 0 Å². The second-order valence-corrected chi connectivity index (χ2v) is 34.5. The van der Waals surface area contributed by atoms with Crippen LogP contribution in [-0.4, -0.2) is 20.3 Å². The van der Waals surface area contributed by atoms with Gasteiger partial charge in [0.05, 0.1) is 13.6 Å². The van der Waals surface area contributed by atoms with E-state index in [2.05, 4.69) is 267 Å². The van der Waals surface area contributed by atoms with Crippen molar-refractivity contribution in [3.05, 3.63) is 192 Å². The molecule has 0 aromatic heterocycles. The topological polar surface area (TPSA) is 9.72 Å². The highest BCUT2D eigenvalue weighted by atomic mass is 28.3. The van der Waals surface area contributed by atoms with Gasteiger partial charge in [-0.15, -0.1) is 0 Å². The molecule has 0 bridgehead atoms. The smallest absolute Gasteiger partial charge is 0.252 e. The Labute approximate surface area is 480 Å². The second-order valence-electron chi connectivity index (χ2n) is 29.4. The Kier molecular flexibility index (Phi) is 11.3. The molecule has 1 fully saturated rings. The average Bonchev–Trinajstić information content (AvgIpc) is 3.69. The summed E-state index contributed by atoms with van der Waals surface area (Å²) in [5, 5.41) is 1.56. The average molecular weight is 1060 g/mol. The zero-order chi connectivity index (χ0) is 55.7. The van der Waals surface area contributed by atoms with Crippen LogP contribution in [0.2, 0.25) is 19.6 Å². The number of hydrogen-bond acceptors (Lipinski definition) is 3. The van der Waals surface area contributed by atoms with Crippen LogP contribution in [-0.2, 0) is 27.1 Å². The van der Waals surface area contributed by atoms with Crippen molar-refractivity contribution in [2.24, 2.45) is 0 Å². The summed E-state index contributed by atoms with van der Waals surface area (Å²) in [5.74, 6) is 0. The van der Waals surface area contributed by atoms with Crippen LogP contribution >= 0.6 is 0 Å². The molecule has 0 amide bonds. The van der Waals surface area contributed by atoms with Crippen molar-refractivity contribution < 1.29 is 0 Å². The zero-order valence-corrected chi connectivity index (χ0v) is 51.2. The van der Waals surface area contributed by atoms with E-state index in [0.717, 1.165) is 19.3 Å². The third-order valence-electron chi connectivity index (χ3n) is 21.7. The summed E-state index contributed by atoms with van der Waals surface area (Å²) in [4.78, 5) is 8.34. The van der Waals surface area contributed by atoms with Crippen LogP contribution in [0.15, 0.2) is 164 Å². The third-order valence-corrected chi connectivity index (χ3v) is 23.7. The van der Waals surface area contributed by atoms with Gasteiger partial charge < -0.3 is 14.7 Å². The van der Waals surface area contributed by atoms with Crippen molar-refractivity contribution in [3.8, 4) is 22.3 Å². The summed E-state index contributed by atoms with van der Waals surface area (Å²) in [6.07, 6.45) is 9.49. The van der Waals surface area contributed by atoms with Crippen LogP contribution in [0.1, 0.15) is 148 Å². The summed E-state index contributed by atoms with van der Waals surface area (Å²) in [6, 6.07) is 65.1. The molecular formula is C75H82BN3Si. The van der Waals surface area contributed by atoms with Gasteiger partial charge in [0, 0.05) is 50.9 Å². The SMILES string of the molecule is CC1(C)CCC(C)(C)c2cc(N3c4cc5c(cc4B4c6ccc(-c7ccccc7)cc6N(c6cccc(-c7ccccc7)c6)c6cc(N7c8ccc([Si](C)(C)C)cc8C8(C)CCCCC78C)cc3c64)C(C)(C)CCC5(C)C)ccc21. The molecule has 8 aromatic rings. The first-order chi connectivity index (χ1) is 38.0. The van der Waals surface area contributed by atoms with Crippen LogP contribution in [0.4, 0.5) is 45.5 Å². The maximum Gasteiger partial charge on any atom is 0.252 e. The molecule has 14 rings (SSSR count). The molecule has 3 nitrogen and oxygen atoms in total. The number of anilines is 8. The predicted octanol–water partition coefficient (Wildman–Crippen LogP) is 18.1. The molecule has 1 saturated carbocycles. The number of nitrogens with zero attached hydrogens (tertiary/aromatic N) is 3. The van der Waals surface area contributed by atoms with Crippen LogP contribution in [0, 0.1) is 0 Å². The lowest BCUT2D eigenvalue weighted by Crippen LogP contribution is -2.62. The minimum atomic E-state index is -1.64. The van der Waals surface area contributed by atoms with E-state index < -0.39 is 8.07 Å². The van der Waals surface area contributed by atoms with E-state index >= 15 is 0 Å². The highest BCUT2D eigenvalue weighted by molar-refractivity contribution is 7.00. The second kappa shape index (κ2) is 17.5. The molecule has 0 radical (unpaired) electrons. The summed E-state index contributed by atoms with van der Waals surface area (Å²) < 4.78 is 0. The predicted molar refractivity (Wildman–Crippen MR) is 348 cm³/mol. The van der Waals surface area contributed by atoms with Crippen molar-refractivity contribution in [2.45, 2.75) is 173 Å². The molecule has 3 heterocycles. The van der Waals surface area contributed by atoms with Gasteiger partial charge in [-0.3, -0.25) is 0 Å². The van der Waals surface area contributed by atoms with Gasteiger partial charge in [0.15, 0.2) is 0 Å². The highest BCUT2D eigenvalue weighted by Gasteiger charge is 2.58. The van der Waals surface area contributed by atoms with Crippen LogP contribution < -0.4 is 36.3 Å². The minimum absolute atomic E-state index is 0.0182. The van der Waals surface area contributed by atoms with E-state index in [1.807, 2.05) is 0 Å². The summed E-state index contributed by atoms with van der Waals surface area (Å²) in [6.45, 7) is 32.8. The normalized spacial score (nSPS) is 22.3. The lowest BCUT2D eigenvalue weighted by molar-refractivity contribution is 0.195. The fraction of sp³-hybridized carbons (Fsp3) is 0.360. The van der Waals surface area contributed by atoms with Crippen LogP contribution in [0.3, 0.4) is 0 Å². The maximum atomic E-state index is 2.88. The number of fused-ring (bicyclic) bond motifs is 9. The van der Waals surface area contributed by atoms with E-state index in [1.54, 1.807) is 10.8 Å². The quantitative estimate of drug-likeness (QED) is 0.154. The van der Waals surface area contributed by atoms with Gasteiger partial charge in [0.25, 0.3) is 6.71 Å². The van der Waals surface area contributed by atoms with E-state index in [4.69, 9.17) is 0 Å². The molecule has 3 aliphatic carbocycles. The Morgan fingerprint density at radius 2 is 0.900 bits per heavy atom. The number of benzene rings is 8. The minimum Gasteiger partial charge on any atom is -0.334 e. The third kappa shape index (κ3) is 7.57. The first-order valence-electron chi connectivity index (χ1n) is 30.4. The molecule has 404 valence electrons. The monoisotopic (exact) mass is 1060 g/mol. The lowest BCUT2D eigenvalue weighted by Gasteiger charge is -2.51. The Hall–Kier alpha value is -6.56. The molecule has 2 atom stereocenters. The van der Waals surface area contributed by atoms with Crippen molar-refractivity contribution in [2.75, 3.05) is 14.7 Å². The van der Waals surface area contributed by atoms with E-state index in [1.165, 1.54) is 138 Å². The zero-order valence-electron chi connectivity index (χ0n) is 50.2. The van der Waals surface area contributed by atoms with E-state index in [-0.39, 0.29) is 39.3 Å². The van der Waals surface area contributed by atoms with Crippen molar-refractivity contribution in [3.63, 3.8) is 0 Å². The Balaban J connectivity index is 1.13. The molecule has 0 spiro atoms. The fourth-order valence-corrected chi connectivity index (χ4v) is 17.5. The van der Waals surface area contributed by atoms with Crippen LogP contribution in [0.25, 0.3) is 22.3 Å². The Morgan fingerprint density at radius 3 is 1.52 bits per heavy atom. The Morgan fingerprint density at radius 1 is 0.362 bits per heavy atom. The fourth-order valence-electron chi connectivity index (χ4n) is 16.3. The first kappa shape index (κ1) is 51.6.